The molecule has 1 atom stereocenters. The quantitative estimate of drug-likeness (QED) is 0.0775. The first-order valence-electron chi connectivity index (χ1n) is 19.0. The maximum atomic E-state index is 3.36. The Morgan fingerprint density at radius 1 is 0.308 bits per heavy atom. The molecule has 0 radical (unpaired) electrons. The molecule has 0 aliphatic rings. The van der Waals surface area contributed by atoms with Crippen LogP contribution in [-0.4, -0.2) is 13.6 Å². The van der Waals surface area contributed by atoms with Crippen molar-refractivity contribution in [3.8, 4) is 0 Å². The molecule has 0 aromatic carbocycles. The number of hydrogen-bond donors (Lipinski definition) is 1. The van der Waals surface area contributed by atoms with Gasteiger partial charge in [-0.15, -0.1) is 0 Å². The minimum Gasteiger partial charge on any atom is -0.320 e. The van der Waals surface area contributed by atoms with E-state index in [0.717, 1.165) is 5.92 Å². The second kappa shape index (κ2) is 36.0. The predicted octanol–water partition coefficient (Wildman–Crippen LogP) is 13.7. The summed E-state index contributed by atoms with van der Waals surface area (Å²) in [4.78, 5) is 0. The SMILES string of the molecule is CCCCCCCCCCCCCCCCCCCC(CCCCCCCCCCCCCC)CCCNC. The van der Waals surface area contributed by atoms with Gasteiger partial charge in [0.2, 0.25) is 0 Å². The molecule has 39 heavy (non-hydrogen) atoms. The topological polar surface area (TPSA) is 12.0 Å². The highest BCUT2D eigenvalue weighted by Gasteiger charge is 2.08. The van der Waals surface area contributed by atoms with Crippen molar-refractivity contribution in [1.82, 2.24) is 5.32 Å². The van der Waals surface area contributed by atoms with Gasteiger partial charge < -0.3 is 5.32 Å². The summed E-state index contributed by atoms with van der Waals surface area (Å²) in [7, 11) is 2.11. The second-order valence-corrected chi connectivity index (χ2v) is 13.2. The molecule has 1 heteroatoms. The van der Waals surface area contributed by atoms with E-state index < -0.39 is 0 Å². The molecule has 0 aliphatic heterocycles. The summed E-state index contributed by atoms with van der Waals surface area (Å²) < 4.78 is 0. The van der Waals surface area contributed by atoms with Crippen molar-refractivity contribution in [2.24, 2.45) is 5.92 Å². The Morgan fingerprint density at radius 3 is 0.795 bits per heavy atom. The highest BCUT2D eigenvalue weighted by Crippen LogP contribution is 2.23. The van der Waals surface area contributed by atoms with E-state index in [1.807, 2.05) is 0 Å². The van der Waals surface area contributed by atoms with Crippen molar-refractivity contribution >= 4 is 0 Å². The predicted molar refractivity (Wildman–Crippen MR) is 181 cm³/mol. The van der Waals surface area contributed by atoms with Crippen molar-refractivity contribution in [3.05, 3.63) is 0 Å². The van der Waals surface area contributed by atoms with Gasteiger partial charge in [0.15, 0.2) is 0 Å². The van der Waals surface area contributed by atoms with Crippen LogP contribution in [0.25, 0.3) is 0 Å². The fraction of sp³-hybridized carbons (Fsp3) is 1.00. The molecule has 0 rings (SSSR count). The van der Waals surface area contributed by atoms with Crippen LogP contribution in [0.5, 0.6) is 0 Å². The average Bonchev–Trinajstić information content (AvgIpc) is 2.95. The average molecular weight is 550 g/mol. The highest BCUT2D eigenvalue weighted by molar-refractivity contribution is 4.62. The van der Waals surface area contributed by atoms with Gasteiger partial charge in [-0.1, -0.05) is 213 Å². The van der Waals surface area contributed by atoms with Gasteiger partial charge in [-0.25, -0.2) is 0 Å². The van der Waals surface area contributed by atoms with Crippen LogP contribution in [-0.2, 0) is 0 Å². The maximum Gasteiger partial charge on any atom is -0.00518 e. The van der Waals surface area contributed by atoms with Crippen LogP contribution in [0.1, 0.15) is 226 Å². The van der Waals surface area contributed by atoms with Crippen LogP contribution in [0.15, 0.2) is 0 Å². The lowest BCUT2D eigenvalue weighted by Gasteiger charge is -2.17. The zero-order valence-corrected chi connectivity index (χ0v) is 28.1. The Bertz CT molecular complexity index is 406. The third-order valence-corrected chi connectivity index (χ3v) is 9.22. The Kier molecular flexibility index (Phi) is 35.9. The summed E-state index contributed by atoms with van der Waals surface area (Å²) in [6.07, 6.45) is 48.5. The molecule has 1 N–H and O–H groups in total. The summed E-state index contributed by atoms with van der Waals surface area (Å²) in [5, 5.41) is 3.36. The summed E-state index contributed by atoms with van der Waals surface area (Å²) in [6, 6.07) is 0. The number of hydrogen-bond acceptors (Lipinski definition) is 1. The molecule has 1 unspecified atom stereocenters. The Labute approximate surface area is 250 Å². The molecule has 1 nitrogen and oxygen atoms in total. The molecule has 0 spiro atoms. The van der Waals surface area contributed by atoms with Gasteiger partial charge >= 0.3 is 0 Å². The van der Waals surface area contributed by atoms with Crippen molar-refractivity contribution in [2.75, 3.05) is 13.6 Å². The summed E-state index contributed by atoms with van der Waals surface area (Å²) >= 11 is 0. The van der Waals surface area contributed by atoms with Gasteiger partial charge in [-0.3, -0.25) is 0 Å². The largest absolute Gasteiger partial charge is 0.320 e. The van der Waals surface area contributed by atoms with E-state index in [0.29, 0.717) is 0 Å². The van der Waals surface area contributed by atoms with Crippen LogP contribution in [0, 0.1) is 5.92 Å². The van der Waals surface area contributed by atoms with E-state index in [-0.39, 0.29) is 0 Å². The normalized spacial score (nSPS) is 12.4. The van der Waals surface area contributed by atoms with Gasteiger partial charge in [0, 0.05) is 0 Å². The number of unbranched alkanes of at least 4 members (excludes halogenated alkanes) is 27. The van der Waals surface area contributed by atoms with Gasteiger partial charge in [0.25, 0.3) is 0 Å². The van der Waals surface area contributed by atoms with Crippen molar-refractivity contribution in [3.63, 3.8) is 0 Å². The van der Waals surface area contributed by atoms with Gasteiger partial charge in [0.05, 0.1) is 0 Å². The van der Waals surface area contributed by atoms with E-state index in [4.69, 9.17) is 0 Å². The molecule has 0 amide bonds. The molecule has 0 fully saturated rings. The lowest BCUT2D eigenvalue weighted by molar-refractivity contribution is 0.370. The number of rotatable bonds is 35. The highest BCUT2D eigenvalue weighted by atomic mass is 14.8. The number of nitrogens with one attached hydrogen (secondary N) is 1. The first-order valence-corrected chi connectivity index (χ1v) is 19.0. The van der Waals surface area contributed by atoms with E-state index >= 15 is 0 Å². The first-order chi connectivity index (χ1) is 19.3. The monoisotopic (exact) mass is 550 g/mol. The van der Waals surface area contributed by atoms with Crippen LogP contribution in [0.2, 0.25) is 0 Å². The molecular weight excluding hydrogens is 470 g/mol. The molecule has 0 aromatic rings. The lowest BCUT2D eigenvalue weighted by Crippen LogP contribution is -2.10. The molecule has 0 aromatic heterocycles. The summed E-state index contributed by atoms with van der Waals surface area (Å²) in [5.41, 5.74) is 0. The van der Waals surface area contributed by atoms with Crippen molar-refractivity contribution in [1.29, 1.82) is 0 Å². The minimum absolute atomic E-state index is 0.998. The standard InChI is InChI=1S/C38H79N/c1-4-6-8-10-12-14-16-18-19-20-21-22-24-26-28-30-32-35-38(36-33-37-39-3)34-31-29-27-25-23-17-15-13-11-9-7-5-2/h38-39H,4-37H2,1-3H3. The van der Waals surface area contributed by atoms with Crippen LogP contribution in [0.3, 0.4) is 0 Å². The third-order valence-electron chi connectivity index (χ3n) is 9.22. The molecule has 0 bridgehead atoms. The Morgan fingerprint density at radius 2 is 0.538 bits per heavy atom. The zero-order chi connectivity index (χ0) is 28.3. The lowest BCUT2D eigenvalue weighted by atomic mass is 9.90. The van der Waals surface area contributed by atoms with Gasteiger partial charge in [-0.2, -0.15) is 0 Å². The molecule has 0 saturated heterocycles. The van der Waals surface area contributed by atoms with Gasteiger partial charge in [-0.05, 0) is 32.4 Å². The molecule has 0 aliphatic carbocycles. The maximum absolute atomic E-state index is 3.36. The van der Waals surface area contributed by atoms with E-state index in [1.54, 1.807) is 0 Å². The Hall–Kier alpha value is -0.0400. The van der Waals surface area contributed by atoms with E-state index in [1.165, 1.54) is 218 Å². The first kappa shape index (κ1) is 39.0. The van der Waals surface area contributed by atoms with E-state index in [2.05, 4.69) is 26.2 Å². The molecular formula is C38H79N. The minimum atomic E-state index is 0.998. The Balaban J connectivity index is 3.53. The van der Waals surface area contributed by atoms with Crippen LogP contribution in [0.4, 0.5) is 0 Å². The van der Waals surface area contributed by atoms with Crippen LogP contribution < -0.4 is 5.32 Å². The van der Waals surface area contributed by atoms with Crippen LogP contribution >= 0.6 is 0 Å². The smallest absolute Gasteiger partial charge is 0.00518 e. The van der Waals surface area contributed by atoms with Gasteiger partial charge in [0.1, 0.15) is 0 Å². The fourth-order valence-corrected chi connectivity index (χ4v) is 6.43. The molecule has 0 saturated carbocycles. The molecule has 0 heterocycles. The molecule has 236 valence electrons. The summed E-state index contributed by atoms with van der Waals surface area (Å²) in [6.45, 7) is 5.82. The fourth-order valence-electron chi connectivity index (χ4n) is 6.43. The second-order valence-electron chi connectivity index (χ2n) is 13.2. The van der Waals surface area contributed by atoms with E-state index in [9.17, 15) is 0 Å². The van der Waals surface area contributed by atoms with Crippen molar-refractivity contribution in [2.45, 2.75) is 226 Å². The third kappa shape index (κ3) is 34.1. The van der Waals surface area contributed by atoms with Crippen molar-refractivity contribution < 1.29 is 0 Å². The summed E-state index contributed by atoms with van der Waals surface area (Å²) in [5.74, 6) is 0.998. The zero-order valence-electron chi connectivity index (χ0n) is 28.1.